The molecule has 0 spiro atoms. The molecule has 0 radical (unpaired) electrons. The molecule has 0 aliphatic carbocycles. The highest BCUT2D eigenvalue weighted by Crippen LogP contribution is 2.28. The fourth-order valence-corrected chi connectivity index (χ4v) is 3.14. The van der Waals surface area contributed by atoms with E-state index in [9.17, 15) is 9.59 Å². The zero-order valence-electron chi connectivity index (χ0n) is 15.2. The molecule has 26 heavy (non-hydrogen) atoms. The Hall–Kier alpha value is -2.82. The summed E-state index contributed by atoms with van der Waals surface area (Å²) in [5, 5.41) is 2.92. The van der Waals surface area contributed by atoms with Crippen molar-refractivity contribution in [2.75, 3.05) is 24.6 Å². The van der Waals surface area contributed by atoms with Crippen LogP contribution in [0, 0.1) is 6.92 Å². The molecule has 3 rings (SSSR count). The van der Waals surface area contributed by atoms with Gasteiger partial charge in [0.1, 0.15) is 5.75 Å². The van der Waals surface area contributed by atoms with E-state index in [4.69, 9.17) is 4.74 Å². The van der Waals surface area contributed by atoms with E-state index in [-0.39, 0.29) is 11.8 Å². The second-order valence-corrected chi connectivity index (χ2v) is 6.54. The minimum absolute atomic E-state index is 0.0366. The Bertz CT molecular complexity index is 817. The van der Waals surface area contributed by atoms with Crippen molar-refractivity contribution >= 4 is 17.5 Å². The van der Waals surface area contributed by atoms with Crippen LogP contribution in [0.1, 0.15) is 34.8 Å². The Labute approximate surface area is 154 Å². The van der Waals surface area contributed by atoms with Crippen LogP contribution in [0.3, 0.4) is 0 Å². The minimum atomic E-state index is -0.0929. The predicted octanol–water partition coefficient (Wildman–Crippen LogP) is 3.10. The third kappa shape index (κ3) is 4.23. The summed E-state index contributed by atoms with van der Waals surface area (Å²) in [7, 11) is 0. The van der Waals surface area contributed by atoms with Crippen molar-refractivity contribution in [1.29, 1.82) is 0 Å². The number of hydrogen-bond donors (Lipinski definition) is 1. The summed E-state index contributed by atoms with van der Waals surface area (Å²) in [6.45, 7) is 5.39. The number of nitrogens with zero attached hydrogens (tertiary/aromatic N) is 1. The smallest absolute Gasteiger partial charge is 0.251 e. The van der Waals surface area contributed by atoms with Gasteiger partial charge in [-0.3, -0.25) is 9.59 Å². The number of benzene rings is 2. The van der Waals surface area contributed by atoms with Crippen molar-refractivity contribution in [3.05, 3.63) is 59.2 Å². The number of ether oxygens (including phenoxy) is 1. The van der Waals surface area contributed by atoms with E-state index in [0.29, 0.717) is 25.3 Å². The van der Waals surface area contributed by atoms with Crippen LogP contribution in [0.4, 0.5) is 5.69 Å². The number of rotatable bonds is 6. The number of fused-ring (bicyclic) bond motifs is 1. The zero-order valence-corrected chi connectivity index (χ0v) is 15.2. The zero-order chi connectivity index (χ0) is 18.5. The van der Waals surface area contributed by atoms with Gasteiger partial charge in [0.2, 0.25) is 5.91 Å². The standard InChI is InChI=1S/C21H24N2O3/c1-15-5-3-6-19(13-15)26-12-4-10-22-21(25)18-7-8-20-17(14-18)9-11-23(20)16(2)24/h3,5-8,13-14H,4,9-12H2,1-2H3,(H,22,25). The van der Waals surface area contributed by atoms with Crippen LogP contribution >= 0.6 is 0 Å². The second kappa shape index (κ2) is 8.04. The van der Waals surface area contributed by atoms with E-state index in [1.54, 1.807) is 17.9 Å². The molecule has 0 saturated heterocycles. The number of hydrogen-bond acceptors (Lipinski definition) is 3. The Kier molecular flexibility index (Phi) is 5.56. The van der Waals surface area contributed by atoms with Crippen molar-refractivity contribution in [3.63, 3.8) is 0 Å². The lowest BCUT2D eigenvalue weighted by atomic mass is 10.1. The average molecular weight is 352 g/mol. The maximum atomic E-state index is 12.3. The van der Waals surface area contributed by atoms with Gasteiger partial charge in [-0.2, -0.15) is 0 Å². The van der Waals surface area contributed by atoms with Crippen molar-refractivity contribution in [2.45, 2.75) is 26.7 Å². The van der Waals surface area contributed by atoms with Gasteiger partial charge in [0, 0.05) is 31.3 Å². The molecule has 136 valence electrons. The van der Waals surface area contributed by atoms with Crippen LogP contribution in [0.15, 0.2) is 42.5 Å². The van der Waals surface area contributed by atoms with Crippen molar-refractivity contribution in [2.24, 2.45) is 0 Å². The molecule has 0 aromatic heterocycles. The maximum absolute atomic E-state index is 12.3. The third-order valence-corrected chi connectivity index (χ3v) is 4.48. The second-order valence-electron chi connectivity index (χ2n) is 6.54. The largest absolute Gasteiger partial charge is 0.494 e. The first-order chi connectivity index (χ1) is 12.5. The number of anilines is 1. The van der Waals surface area contributed by atoms with Gasteiger partial charge in [-0.1, -0.05) is 12.1 Å². The predicted molar refractivity (Wildman–Crippen MR) is 102 cm³/mol. The van der Waals surface area contributed by atoms with Crippen molar-refractivity contribution < 1.29 is 14.3 Å². The fourth-order valence-electron chi connectivity index (χ4n) is 3.14. The molecule has 0 saturated carbocycles. The topological polar surface area (TPSA) is 58.6 Å². The van der Waals surface area contributed by atoms with Gasteiger partial charge < -0.3 is 15.0 Å². The summed E-state index contributed by atoms with van der Waals surface area (Å²) < 4.78 is 5.68. The molecule has 5 heteroatoms. The number of amides is 2. The SMILES string of the molecule is CC(=O)N1CCc2cc(C(=O)NCCCOc3cccc(C)c3)ccc21. The van der Waals surface area contributed by atoms with Gasteiger partial charge in [0.15, 0.2) is 0 Å². The lowest BCUT2D eigenvalue weighted by molar-refractivity contribution is -0.116. The highest BCUT2D eigenvalue weighted by atomic mass is 16.5. The molecule has 0 fully saturated rings. The molecule has 2 aromatic carbocycles. The average Bonchev–Trinajstić information content (AvgIpc) is 3.04. The molecule has 0 bridgehead atoms. The van der Waals surface area contributed by atoms with Gasteiger partial charge in [0.05, 0.1) is 6.61 Å². The van der Waals surface area contributed by atoms with Crippen LogP contribution in [0.5, 0.6) is 5.75 Å². The number of nitrogens with one attached hydrogen (secondary N) is 1. The highest BCUT2D eigenvalue weighted by molar-refractivity contribution is 5.97. The third-order valence-electron chi connectivity index (χ3n) is 4.48. The van der Waals surface area contributed by atoms with Crippen LogP contribution in [0.25, 0.3) is 0 Å². The van der Waals surface area contributed by atoms with Gasteiger partial charge in [-0.25, -0.2) is 0 Å². The first-order valence-corrected chi connectivity index (χ1v) is 8.93. The molecular weight excluding hydrogens is 328 g/mol. The van der Waals surface area contributed by atoms with Crippen molar-refractivity contribution in [3.8, 4) is 5.75 Å². The van der Waals surface area contributed by atoms with Gasteiger partial charge >= 0.3 is 0 Å². The summed E-state index contributed by atoms with van der Waals surface area (Å²) in [5.74, 6) is 0.796. The highest BCUT2D eigenvalue weighted by Gasteiger charge is 2.22. The summed E-state index contributed by atoms with van der Waals surface area (Å²) in [6.07, 6.45) is 1.53. The first kappa shape index (κ1) is 18.0. The quantitative estimate of drug-likeness (QED) is 0.813. The van der Waals surface area contributed by atoms with Crippen LogP contribution < -0.4 is 15.0 Å². The summed E-state index contributed by atoms with van der Waals surface area (Å²) in [4.78, 5) is 25.6. The lowest BCUT2D eigenvalue weighted by Crippen LogP contribution is -2.26. The Morgan fingerprint density at radius 1 is 1.19 bits per heavy atom. The van der Waals surface area contributed by atoms with E-state index in [0.717, 1.165) is 35.4 Å². The van der Waals surface area contributed by atoms with Crippen LogP contribution in [-0.4, -0.2) is 31.5 Å². The van der Waals surface area contributed by atoms with E-state index in [1.165, 1.54) is 0 Å². The van der Waals surface area contributed by atoms with Crippen LogP contribution in [-0.2, 0) is 11.2 Å². The fraction of sp³-hybridized carbons (Fsp3) is 0.333. The molecular formula is C21H24N2O3. The monoisotopic (exact) mass is 352 g/mol. The molecule has 0 atom stereocenters. The molecule has 2 amide bonds. The van der Waals surface area contributed by atoms with Crippen LogP contribution in [0.2, 0.25) is 0 Å². The van der Waals surface area contributed by atoms with Gasteiger partial charge in [-0.15, -0.1) is 0 Å². The van der Waals surface area contributed by atoms with E-state index in [1.807, 2.05) is 43.3 Å². The molecule has 1 aliphatic heterocycles. The normalized spacial score (nSPS) is 12.6. The van der Waals surface area contributed by atoms with E-state index < -0.39 is 0 Å². The van der Waals surface area contributed by atoms with Gasteiger partial charge in [0.25, 0.3) is 5.91 Å². The Balaban J connectivity index is 1.46. The molecule has 5 nitrogen and oxygen atoms in total. The molecule has 1 aliphatic rings. The Morgan fingerprint density at radius 2 is 2.04 bits per heavy atom. The Morgan fingerprint density at radius 3 is 2.81 bits per heavy atom. The molecule has 1 heterocycles. The lowest BCUT2D eigenvalue weighted by Gasteiger charge is -2.14. The summed E-state index contributed by atoms with van der Waals surface area (Å²) >= 11 is 0. The molecule has 1 N–H and O–H groups in total. The number of carbonyl (C=O) groups is 2. The van der Waals surface area contributed by atoms with Gasteiger partial charge in [-0.05, 0) is 61.2 Å². The summed E-state index contributed by atoms with van der Waals surface area (Å²) in [6, 6.07) is 13.4. The van der Waals surface area contributed by atoms with E-state index >= 15 is 0 Å². The maximum Gasteiger partial charge on any atom is 0.251 e. The number of aryl methyl sites for hydroxylation is 1. The van der Waals surface area contributed by atoms with Crippen molar-refractivity contribution in [1.82, 2.24) is 5.32 Å². The minimum Gasteiger partial charge on any atom is -0.494 e. The first-order valence-electron chi connectivity index (χ1n) is 8.93. The summed E-state index contributed by atoms with van der Waals surface area (Å²) in [5.41, 5.74) is 3.76. The molecule has 0 unspecified atom stereocenters. The number of carbonyl (C=O) groups excluding carboxylic acids is 2. The molecule has 2 aromatic rings. The van der Waals surface area contributed by atoms with E-state index in [2.05, 4.69) is 5.32 Å².